The minimum absolute atomic E-state index is 0.0659. The highest BCUT2D eigenvalue weighted by Gasteiger charge is 2.07. The molecule has 0 saturated heterocycles. The predicted octanol–water partition coefficient (Wildman–Crippen LogP) is 1.33. The van der Waals surface area contributed by atoms with Crippen molar-refractivity contribution in [2.45, 2.75) is 6.92 Å². The zero-order valence-corrected chi connectivity index (χ0v) is 9.95. The van der Waals surface area contributed by atoms with E-state index in [1.165, 1.54) is 0 Å². The SMILES string of the molecule is CCS(=O)(=O)Nc1ccc2cnn(C)c2c1. The number of rotatable bonds is 3. The van der Waals surface area contributed by atoms with E-state index in [0.717, 1.165) is 10.9 Å². The summed E-state index contributed by atoms with van der Waals surface area (Å²) in [5.41, 5.74) is 1.47. The molecule has 86 valence electrons. The summed E-state index contributed by atoms with van der Waals surface area (Å²) in [7, 11) is -1.40. The maximum Gasteiger partial charge on any atom is 0.232 e. The van der Waals surface area contributed by atoms with Crippen molar-refractivity contribution in [2.75, 3.05) is 10.5 Å². The normalized spacial score (nSPS) is 11.9. The van der Waals surface area contributed by atoms with Crippen LogP contribution in [0.5, 0.6) is 0 Å². The number of nitrogens with one attached hydrogen (secondary N) is 1. The van der Waals surface area contributed by atoms with Crippen molar-refractivity contribution in [3.8, 4) is 0 Å². The van der Waals surface area contributed by atoms with Gasteiger partial charge >= 0.3 is 0 Å². The molecule has 0 amide bonds. The third-order valence-corrected chi connectivity index (χ3v) is 3.71. The second-order valence-electron chi connectivity index (χ2n) is 3.55. The minimum Gasteiger partial charge on any atom is -0.283 e. The van der Waals surface area contributed by atoms with Crippen LogP contribution < -0.4 is 4.72 Å². The van der Waals surface area contributed by atoms with E-state index < -0.39 is 10.0 Å². The smallest absolute Gasteiger partial charge is 0.232 e. The van der Waals surface area contributed by atoms with Gasteiger partial charge in [-0.15, -0.1) is 0 Å². The first-order valence-electron chi connectivity index (χ1n) is 4.94. The first-order chi connectivity index (χ1) is 7.52. The predicted molar refractivity (Wildman–Crippen MR) is 63.8 cm³/mol. The Morgan fingerprint density at radius 3 is 2.88 bits per heavy atom. The van der Waals surface area contributed by atoms with Gasteiger partial charge in [0.15, 0.2) is 0 Å². The molecule has 2 aromatic rings. The van der Waals surface area contributed by atoms with Crippen LogP contribution in [0, 0.1) is 0 Å². The molecular formula is C10H13N3O2S. The Morgan fingerprint density at radius 1 is 1.44 bits per heavy atom. The largest absolute Gasteiger partial charge is 0.283 e. The fourth-order valence-corrected chi connectivity index (χ4v) is 2.09. The van der Waals surface area contributed by atoms with E-state index in [1.54, 1.807) is 29.9 Å². The van der Waals surface area contributed by atoms with Crippen LogP contribution in [-0.4, -0.2) is 24.0 Å². The highest BCUT2D eigenvalue weighted by molar-refractivity contribution is 7.92. The monoisotopic (exact) mass is 239 g/mol. The average molecular weight is 239 g/mol. The fourth-order valence-electron chi connectivity index (χ4n) is 1.46. The Hall–Kier alpha value is -1.56. The molecule has 6 heteroatoms. The molecule has 16 heavy (non-hydrogen) atoms. The van der Waals surface area contributed by atoms with E-state index in [9.17, 15) is 8.42 Å². The molecule has 0 bridgehead atoms. The molecule has 1 aromatic heterocycles. The Morgan fingerprint density at radius 2 is 2.19 bits per heavy atom. The minimum atomic E-state index is -3.22. The lowest BCUT2D eigenvalue weighted by atomic mass is 10.2. The average Bonchev–Trinajstić information content (AvgIpc) is 2.60. The summed E-state index contributed by atoms with van der Waals surface area (Å²) < 4.78 is 27.0. The molecule has 0 unspecified atom stereocenters. The maximum absolute atomic E-state index is 11.4. The lowest BCUT2D eigenvalue weighted by Crippen LogP contribution is -2.14. The first kappa shape index (κ1) is 10.9. The molecule has 0 aliphatic heterocycles. The summed E-state index contributed by atoms with van der Waals surface area (Å²) in [6, 6.07) is 5.35. The molecule has 0 aliphatic rings. The zero-order valence-electron chi connectivity index (χ0n) is 9.14. The summed E-state index contributed by atoms with van der Waals surface area (Å²) >= 11 is 0. The van der Waals surface area contributed by atoms with Gasteiger partial charge in [0.2, 0.25) is 10.0 Å². The van der Waals surface area contributed by atoms with E-state index in [1.807, 2.05) is 13.1 Å². The van der Waals surface area contributed by atoms with Crippen molar-refractivity contribution in [2.24, 2.45) is 7.05 Å². The topological polar surface area (TPSA) is 64.0 Å². The van der Waals surface area contributed by atoms with Crippen molar-refractivity contribution in [3.05, 3.63) is 24.4 Å². The van der Waals surface area contributed by atoms with Crippen LogP contribution in [-0.2, 0) is 17.1 Å². The van der Waals surface area contributed by atoms with Gasteiger partial charge in [-0.3, -0.25) is 9.40 Å². The second-order valence-corrected chi connectivity index (χ2v) is 5.56. The molecule has 1 N–H and O–H groups in total. The van der Waals surface area contributed by atoms with Gasteiger partial charge in [0, 0.05) is 12.4 Å². The summed E-state index contributed by atoms with van der Waals surface area (Å²) in [4.78, 5) is 0. The lowest BCUT2D eigenvalue weighted by molar-refractivity contribution is 0.602. The molecule has 0 spiro atoms. The van der Waals surface area contributed by atoms with E-state index in [-0.39, 0.29) is 5.75 Å². The number of anilines is 1. The highest BCUT2D eigenvalue weighted by atomic mass is 32.2. The van der Waals surface area contributed by atoms with Crippen molar-refractivity contribution in [3.63, 3.8) is 0 Å². The standard InChI is InChI=1S/C10H13N3O2S/c1-3-16(14,15)12-9-5-4-8-7-11-13(2)10(8)6-9/h4-7,12H,3H2,1-2H3. The summed E-state index contributed by atoms with van der Waals surface area (Å²) in [6.07, 6.45) is 1.74. The van der Waals surface area contributed by atoms with E-state index in [2.05, 4.69) is 9.82 Å². The number of fused-ring (bicyclic) bond motifs is 1. The van der Waals surface area contributed by atoms with Gasteiger partial charge < -0.3 is 0 Å². The number of sulfonamides is 1. The molecule has 2 rings (SSSR count). The summed E-state index contributed by atoms with van der Waals surface area (Å²) in [5.74, 6) is 0.0659. The molecule has 5 nitrogen and oxygen atoms in total. The van der Waals surface area contributed by atoms with E-state index in [0.29, 0.717) is 5.69 Å². The summed E-state index contributed by atoms with van der Waals surface area (Å²) in [5, 5.41) is 5.08. The van der Waals surface area contributed by atoms with Gasteiger partial charge in [0.25, 0.3) is 0 Å². The van der Waals surface area contributed by atoms with Gasteiger partial charge in [-0.2, -0.15) is 5.10 Å². The van der Waals surface area contributed by atoms with Crippen LogP contribution in [0.15, 0.2) is 24.4 Å². The van der Waals surface area contributed by atoms with E-state index >= 15 is 0 Å². The molecular weight excluding hydrogens is 226 g/mol. The second kappa shape index (κ2) is 3.79. The van der Waals surface area contributed by atoms with Gasteiger partial charge in [-0.05, 0) is 25.1 Å². The molecule has 0 atom stereocenters. The Balaban J connectivity index is 2.43. The number of aryl methyl sites for hydroxylation is 1. The Bertz CT molecular complexity index is 616. The number of hydrogen-bond donors (Lipinski definition) is 1. The molecule has 0 saturated carbocycles. The molecule has 0 radical (unpaired) electrons. The van der Waals surface area contributed by atoms with Gasteiger partial charge in [0.05, 0.1) is 23.2 Å². The maximum atomic E-state index is 11.4. The third kappa shape index (κ3) is 2.01. The summed E-state index contributed by atoms with van der Waals surface area (Å²) in [6.45, 7) is 1.60. The zero-order chi connectivity index (χ0) is 11.8. The molecule has 1 aromatic carbocycles. The van der Waals surface area contributed by atoms with Crippen LogP contribution >= 0.6 is 0 Å². The van der Waals surface area contributed by atoms with Crippen LogP contribution in [0.2, 0.25) is 0 Å². The number of hydrogen-bond acceptors (Lipinski definition) is 3. The van der Waals surface area contributed by atoms with Crippen LogP contribution in [0.25, 0.3) is 10.9 Å². The van der Waals surface area contributed by atoms with Crippen LogP contribution in [0.3, 0.4) is 0 Å². The van der Waals surface area contributed by atoms with Crippen molar-refractivity contribution in [1.82, 2.24) is 9.78 Å². The van der Waals surface area contributed by atoms with Gasteiger partial charge in [-0.1, -0.05) is 0 Å². The quantitative estimate of drug-likeness (QED) is 0.879. The lowest BCUT2D eigenvalue weighted by Gasteiger charge is -2.05. The molecule has 0 fully saturated rings. The first-order valence-corrected chi connectivity index (χ1v) is 6.59. The number of nitrogens with zero attached hydrogens (tertiary/aromatic N) is 2. The fraction of sp³-hybridized carbons (Fsp3) is 0.300. The van der Waals surface area contributed by atoms with Gasteiger partial charge in [-0.25, -0.2) is 8.42 Å². The van der Waals surface area contributed by atoms with Gasteiger partial charge in [0.1, 0.15) is 0 Å². The third-order valence-electron chi connectivity index (χ3n) is 2.40. The Labute approximate surface area is 94.1 Å². The molecule has 1 heterocycles. The number of aromatic nitrogens is 2. The van der Waals surface area contributed by atoms with E-state index in [4.69, 9.17) is 0 Å². The van der Waals surface area contributed by atoms with Crippen molar-refractivity contribution < 1.29 is 8.42 Å². The highest BCUT2D eigenvalue weighted by Crippen LogP contribution is 2.19. The van der Waals surface area contributed by atoms with Crippen molar-refractivity contribution >= 4 is 26.6 Å². The van der Waals surface area contributed by atoms with Crippen LogP contribution in [0.4, 0.5) is 5.69 Å². The molecule has 0 aliphatic carbocycles. The Kier molecular flexibility index (Phi) is 2.59. The van der Waals surface area contributed by atoms with Crippen molar-refractivity contribution in [1.29, 1.82) is 0 Å². The number of benzene rings is 1. The van der Waals surface area contributed by atoms with Crippen LogP contribution in [0.1, 0.15) is 6.92 Å².